The summed E-state index contributed by atoms with van der Waals surface area (Å²) < 4.78 is 2.04. The standard InChI is InChI=1S/C20H23N3OS/c1-5-17(24)10-16-12-25-20(22-16)18-11-21-23(13(2)3)19(18)15-8-6-14(4)7-9-15/h6-9,11-13H,5,10H2,1-4H3. The Balaban J connectivity index is 2.05. The van der Waals surface area contributed by atoms with Crippen molar-refractivity contribution in [2.75, 3.05) is 0 Å². The SMILES string of the molecule is CCC(=O)Cc1csc(-c2cnn(C(C)C)c2-c2ccc(C)cc2)n1. The molecule has 0 N–H and O–H groups in total. The molecule has 3 aromatic rings. The second-order valence-corrected chi connectivity index (χ2v) is 7.38. The van der Waals surface area contributed by atoms with Gasteiger partial charge in [0.15, 0.2) is 0 Å². The maximum Gasteiger partial charge on any atom is 0.138 e. The molecule has 0 spiro atoms. The first-order chi connectivity index (χ1) is 12.0. The second kappa shape index (κ2) is 7.31. The Bertz CT molecular complexity index is 875. The van der Waals surface area contributed by atoms with E-state index in [9.17, 15) is 4.79 Å². The molecule has 0 atom stereocenters. The number of aromatic nitrogens is 3. The fourth-order valence-electron chi connectivity index (χ4n) is 2.75. The molecule has 5 heteroatoms. The molecule has 0 bridgehead atoms. The summed E-state index contributed by atoms with van der Waals surface area (Å²) in [5.41, 5.74) is 5.32. The van der Waals surface area contributed by atoms with E-state index in [0.29, 0.717) is 12.8 Å². The Morgan fingerprint density at radius 1 is 1.24 bits per heavy atom. The fraction of sp³-hybridized carbons (Fsp3) is 0.350. The van der Waals surface area contributed by atoms with Gasteiger partial charge in [-0.05, 0) is 20.8 Å². The summed E-state index contributed by atoms with van der Waals surface area (Å²) in [6.45, 7) is 8.23. The van der Waals surface area contributed by atoms with Gasteiger partial charge in [-0.15, -0.1) is 11.3 Å². The molecule has 0 unspecified atom stereocenters. The van der Waals surface area contributed by atoms with E-state index in [4.69, 9.17) is 0 Å². The third kappa shape index (κ3) is 3.71. The number of thiazole rings is 1. The average Bonchev–Trinajstić information content (AvgIpc) is 3.22. The molecule has 0 saturated heterocycles. The predicted molar refractivity (Wildman–Crippen MR) is 103 cm³/mol. The number of ketones is 1. The van der Waals surface area contributed by atoms with Crippen LogP contribution in [0.2, 0.25) is 0 Å². The van der Waals surface area contributed by atoms with Crippen molar-refractivity contribution in [3.8, 4) is 21.8 Å². The highest BCUT2D eigenvalue weighted by Gasteiger charge is 2.19. The normalized spacial score (nSPS) is 11.2. The van der Waals surface area contributed by atoms with Crippen LogP contribution in [-0.2, 0) is 11.2 Å². The first-order valence-electron chi connectivity index (χ1n) is 8.60. The van der Waals surface area contributed by atoms with Crippen LogP contribution in [0.5, 0.6) is 0 Å². The Morgan fingerprint density at radius 3 is 2.60 bits per heavy atom. The molecule has 0 aliphatic rings. The fourth-order valence-corrected chi connectivity index (χ4v) is 3.58. The van der Waals surface area contributed by atoms with Crippen LogP contribution in [0.15, 0.2) is 35.8 Å². The van der Waals surface area contributed by atoms with Crippen molar-refractivity contribution in [3.63, 3.8) is 0 Å². The summed E-state index contributed by atoms with van der Waals surface area (Å²) in [6.07, 6.45) is 2.84. The van der Waals surface area contributed by atoms with Crippen LogP contribution >= 0.6 is 11.3 Å². The quantitative estimate of drug-likeness (QED) is 0.620. The summed E-state index contributed by atoms with van der Waals surface area (Å²) in [5.74, 6) is 0.216. The third-order valence-electron chi connectivity index (χ3n) is 4.16. The molecule has 130 valence electrons. The molecule has 0 aliphatic carbocycles. The van der Waals surface area contributed by atoms with E-state index in [1.54, 1.807) is 11.3 Å². The van der Waals surface area contributed by atoms with Crippen LogP contribution in [0.3, 0.4) is 0 Å². The molecule has 0 fully saturated rings. The van der Waals surface area contributed by atoms with E-state index in [0.717, 1.165) is 27.5 Å². The second-order valence-electron chi connectivity index (χ2n) is 6.52. The zero-order valence-corrected chi connectivity index (χ0v) is 15.9. The molecule has 0 saturated carbocycles. The van der Waals surface area contributed by atoms with Crippen LogP contribution in [0, 0.1) is 6.92 Å². The van der Waals surface area contributed by atoms with Crippen molar-refractivity contribution in [1.82, 2.24) is 14.8 Å². The Hall–Kier alpha value is -2.27. The van der Waals surface area contributed by atoms with E-state index >= 15 is 0 Å². The number of nitrogens with zero attached hydrogens (tertiary/aromatic N) is 3. The lowest BCUT2D eigenvalue weighted by Crippen LogP contribution is -2.05. The van der Waals surface area contributed by atoms with Gasteiger partial charge in [0.2, 0.25) is 0 Å². The molecule has 25 heavy (non-hydrogen) atoms. The first-order valence-corrected chi connectivity index (χ1v) is 9.48. The Morgan fingerprint density at radius 2 is 1.96 bits per heavy atom. The van der Waals surface area contributed by atoms with Crippen molar-refractivity contribution < 1.29 is 4.79 Å². The topological polar surface area (TPSA) is 47.8 Å². The number of carbonyl (C=O) groups excluding carboxylic acids is 1. The average molecular weight is 353 g/mol. The van der Waals surface area contributed by atoms with Crippen LogP contribution in [0.4, 0.5) is 0 Å². The number of benzene rings is 1. The van der Waals surface area contributed by atoms with Crippen molar-refractivity contribution in [2.45, 2.75) is 46.6 Å². The number of aryl methyl sites for hydroxylation is 1. The zero-order chi connectivity index (χ0) is 18.0. The lowest BCUT2D eigenvalue weighted by molar-refractivity contribution is -0.118. The molecule has 0 amide bonds. The van der Waals surface area contributed by atoms with E-state index < -0.39 is 0 Å². The molecular weight excluding hydrogens is 330 g/mol. The predicted octanol–water partition coefficient (Wildman–Crippen LogP) is 5.08. The Kier molecular flexibility index (Phi) is 5.13. The van der Waals surface area contributed by atoms with Crippen LogP contribution in [0.25, 0.3) is 21.8 Å². The zero-order valence-electron chi connectivity index (χ0n) is 15.1. The number of Topliss-reactive ketones (excluding diaryl/α,β-unsaturated/α-hetero) is 1. The van der Waals surface area contributed by atoms with Gasteiger partial charge >= 0.3 is 0 Å². The molecule has 3 rings (SSSR count). The minimum absolute atomic E-state index is 0.216. The first kappa shape index (κ1) is 17.5. The van der Waals surface area contributed by atoms with Gasteiger partial charge in [0.1, 0.15) is 10.8 Å². The van der Waals surface area contributed by atoms with E-state index in [2.05, 4.69) is 55.1 Å². The smallest absolute Gasteiger partial charge is 0.138 e. The summed E-state index contributed by atoms with van der Waals surface area (Å²) in [6, 6.07) is 8.74. The number of hydrogen-bond acceptors (Lipinski definition) is 4. The van der Waals surface area contributed by atoms with E-state index in [-0.39, 0.29) is 11.8 Å². The highest BCUT2D eigenvalue weighted by atomic mass is 32.1. The summed E-state index contributed by atoms with van der Waals surface area (Å²) >= 11 is 1.58. The van der Waals surface area contributed by atoms with Crippen LogP contribution < -0.4 is 0 Å². The van der Waals surface area contributed by atoms with Crippen LogP contribution in [0.1, 0.15) is 44.5 Å². The highest BCUT2D eigenvalue weighted by Crippen LogP contribution is 2.35. The summed E-state index contributed by atoms with van der Waals surface area (Å²) in [7, 11) is 0. The van der Waals surface area contributed by atoms with E-state index in [1.165, 1.54) is 5.56 Å². The number of carbonyl (C=O) groups is 1. The number of rotatable bonds is 6. The summed E-state index contributed by atoms with van der Waals surface area (Å²) in [4.78, 5) is 16.4. The molecule has 0 radical (unpaired) electrons. The molecule has 2 heterocycles. The molecular formula is C20H23N3OS. The van der Waals surface area contributed by atoms with Gasteiger partial charge in [0.05, 0.1) is 23.1 Å². The molecule has 4 nitrogen and oxygen atoms in total. The number of hydrogen-bond donors (Lipinski definition) is 0. The van der Waals surface area contributed by atoms with Gasteiger partial charge in [0, 0.05) is 29.8 Å². The van der Waals surface area contributed by atoms with Gasteiger partial charge < -0.3 is 0 Å². The summed E-state index contributed by atoms with van der Waals surface area (Å²) in [5, 5.41) is 7.49. The largest absolute Gasteiger partial charge is 0.299 e. The lowest BCUT2D eigenvalue weighted by Gasteiger charge is -2.12. The Labute approximate surface area is 152 Å². The minimum Gasteiger partial charge on any atom is -0.299 e. The monoisotopic (exact) mass is 353 g/mol. The van der Waals surface area contributed by atoms with Gasteiger partial charge in [-0.2, -0.15) is 5.10 Å². The third-order valence-corrected chi connectivity index (χ3v) is 5.09. The minimum atomic E-state index is 0.216. The molecule has 1 aromatic carbocycles. The maximum absolute atomic E-state index is 11.7. The van der Waals surface area contributed by atoms with Gasteiger partial charge in [-0.25, -0.2) is 4.98 Å². The van der Waals surface area contributed by atoms with Gasteiger partial charge in [-0.3, -0.25) is 9.48 Å². The van der Waals surface area contributed by atoms with Crippen LogP contribution in [-0.4, -0.2) is 20.5 Å². The maximum atomic E-state index is 11.7. The van der Waals surface area contributed by atoms with Crippen molar-refractivity contribution in [2.24, 2.45) is 0 Å². The van der Waals surface area contributed by atoms with E-state index in [1.807, 2.05) is 23.2 Å². The van der Waals surface area contributed by atoms with Crippen molar-refractivity contribution in [3.05, 3.63) is 47.1 Å². The van der Waals surface area contributed by atoms with Crippen molar-refractivity contribution >= 4 is 17.1 Å². The van der Waals surface area contributed by atoms with Gasteiger partial charge in [-0.1, -0.05) is 36.8 Å². The highest BCUT2D eigenvalue weighted by molar-refractivity contribution is 7.13. The van der Waals surface area contributed by atoms with Crippen molar-refractivity contribution in [1.29, 1.82) is 0 Å². The van der Waals surface area contributed by atoms with Gasteiger partial charge in [0.25, 0.3) is 0 Å². The lowest BCUT2D eigenvalue weighted by atomic mass is 10.1. The molecule has 2 aromatic heterocycles. The molecule has 0 aliphatic heterocycles.